The van der Waals surface area contributed by atoms with Gasteiger partial charge >= 0.3 is 6.09 Å². The smallest absolute Gasteiger partial charge is 0.410 e. The lowest BCUT2D eigenvalue weighted by atomic mass is 9.92. The van der Waals surface area contributed by atoms with Gasteiger partial charge in [0.25, 0.3) is 5.91 Å². The van der Waals surface area contributed by atoms with E-state index < -0.39 is 30.4 Å². The molecule has 0 radical (unpaired) electrons. The lowest BCUT2D eigenvalue weighted by molar-refractivity contribution is -0.137. The first-order valence-corrected chi connectivity index (χ1v) is 13.3. The molecule has 0 bridgehead atoms. The summed E-state index contributed by atoms with van der Waals surface area (Å²) in [5, 5.41) is 26.8. The molecule has 14 heteroatoms. The number of imidazole rings is 1. The number of nitrogen functional groups attached to an aromatic ring is 1. The van der Waals surface area contributed by atoms with Crippen LogP contribution in [0.1, 0.15) is 44.7 Å². The number of ether oxygens (including phenoxy) is 2. The number of amides is 2. The van der Waals surface area contributed by atoms with Crippen LogP contribution in [0.25, 0.3) is 11.2 Å². The Balaban J connectivity index is 1.21. The minimum Gasteiger partial charge on any atom is -0.445 e. The molecule has 14 nitrogen and oxygen atoms in total. The van der Waals surface area contributed by atoms with Crippen LogP contribution in [0, 0.1) is 5.92 Å². The third-order valence-corrected chi connectivity index (χ3v) is 7.55. The number of aromatic nitrogens is 4. The molecule has 5 heterocycles. The molecule has 5 atom stereocenters. The number of likely N-dealkylation sites (N-methyl/N-ethyl adjacent to an activating group) is 1. The molecule has 2 aromatic rings. The molecule has 3 fully saturated rings. The Morgan fingerprint density at radius 3 is 2.74 bits per heavy atom. The lowest BCUT2D eigenvalue weighted by Gasteiger charge is -2.32. The van der Waals surface area contributed by atoms with Gasteiger partial charge in [-0.2, -0.15) is 0 Å². The molecule has 3 aliphatic rings. The summed E-state index contributed by atoms with van der Waals surface area (Å²) in [4.78, 5) is 39.8. The Morgan fingerprint density at radius 1 is 1.24 bits per heavy atom. The molecular formula is C24H36N8O6. The number of carbonyl (C=O) groups excluding carboxylic acids is 2. The van der Waals surface area contributed by atoms with Gasteiger partial charge in [-0.1, -0.05) is 0 Å². The highest BCUT2D eigenvalue weighted by Crippen LogP contribution is 2.32. The Kier molecular flexibility index (Phi) is 7.93. The van der Waals surface area contributed by atoms with Gasteiger partial charge in [0.1, 0.15) is 29.7 Å². The lowest BCUT2D eigenvalue weighted by Crippen LogP contribution is -2.42. The highest BCUT2D eigenvalue weighted by Gasteiger charge is 2.47. The van der Waals surface area contributed by atoms with E-state index in [0.717, 1.165) is 38.8 Å². The molecule has 208 valence electrons. The first-order valence-electron chi connectivity index (χ1n) is 13.3. The predicted molar refractivity (Wildman–Crippen MR) is 135 cm³/mol. The van der Waals surface area contributed by atoms with E-state index in [-0.39, 0.29) is 18.0 Å². The van der Waals surface area contributed by atoms with Gasteiger partial charge in [-0.3, -0.25) is 9.36 Å². The highest BCUT2D eigenvalue weighted by molar-refractivity contribution is 5.83. The topological polar surface area (TPSA) is 190 Å². The minimum absolute atomic E-state index is 0.0374. The van der Waals surface area contributed by atoms with E-state index >= 15 is 0 Å². The number of aliphatic hydroxyl groups is 2. The Morgan fingerprint density at radius 2 is 2.03 bits per heavy atom. The van der Waals surface area contributed by atoms with Crippen molar-refractivity contribution in [3.63, 3.8) is 0 Å². The highest BCUT2D eigenvalue weighted by atomic mass is 16.6. The Labute approximate surface area is 219 Å². The summed E-state index contributed by atoms with van der Waals surface area (Å²) in [5.41, 5.74) is 6.88. The van der Waals surface area contributed by atoms with Crippen LogP contribution in [-0.2, 0) is 20.7 Å². The Bertz CT molecular complexity index is 1150. The van der Waals surface area contributed by atoms with Crippen molar-refractivity contribution in [3.05, 3.63) is 12.2 Å². The number of hydrogen-bond acceptors (Lipinski definition) is 11. The van der Waals surface area contributed by atoms with E-state index in [0.29, 0.717) is 49.0 Å². The molecule has 0 aliphatic carbocycles. The second-order valence-electron chi connectivity index (χ2n) is 10.1. The van der Waals surface area contributed by atoms with E-state index in [2.05, 4.69) is 25.6 Å². The van der Waals surface area contributed by atoms with Crippen molar-refractivity contribution in [3.8, 4) is 0 Å². The number of rotatable bonds is 7. The zero-order chi connectivity index (χ0) is 26.8. The van der Waals surface area contributed by atoms with Gasteiger partial charge in [-0.15, -0.1) is 0 Å². The van der Waals surface area contributed by atoms with Gasteiger partial charge in [-0.05, 0) is 45.1 Å². The predicted octanol–water partition coefficient (Wildman–Crippen LogP) is -0.693. The number of nitrogens with zero attached hydrogens (tertiary/aromatic N) is 5. The van der Waals surface area contributed by atoms with E-state index in [1.165, 1.54) is 10.9 Å². The number of piperidine rings is 1. The van der Waals surface area contributed by atoms with Crippen LogP contribution in [0.4, 0.5) is 10.6 Å². The summed E-state index contributed by atoms with van der Waals surface area (Å²) in [6.07, 6.45) is 0.102. The second kappa shape index (κ2) is 11.4. The van der Waals surface area contributed by atoms with Crippen LogP contribution in [0.15, 0.2) is 6.33 Å². The average molecular weight is 533 g/mol. The monoisotopic (exact) mass is 532 g/mol. The number of carbonyl (C=O) groups is 2. The third-order valence-electron chi connectivity index (χ3n) is 7.55. The molecule has 3 aliphatic heterocycles. The van der Waals surface area contributed by atoms with Crippen LogP contribution in [0.5, 0.6) is 0 Å². The molecule has 3 saturated heterocycles. The maximum Gasteiger partial charge on any atom is 0.410 e. The van der Waals surface area contributed by atoms with E-state index in [4.69, 9.17) is 15.2 Å². The van der Waals surface area contributed by atoms with Gasteiger partial charge in [0, 0.05) is 32.6 Å². The maximum absolute atomic E-state index is 12.4. The van der Waals surface area contributed by atoms with E-state index in [1.807, 2.05) is 0 Å². The standard InChI is InChI=1S/C24H36N8O6/c1-2-27-22(35)19-17(33)18(34)23(38-19)32-12-28-16-20(25)29-15(30-21(16)32)4-3-13-6-9-31(10-7-13)24(36)37-14-5-8-26-11-14/h12-14,17-19,23,26,33-34H,2-11H2,1H3,(H,27,35)(H2,25,29,30)/t14?,17?,18?,19-,23+/m0/s1. The van der Waals surface area contributed by atoms with Crippen LogP contribution < -0.4 is 16.4 Å². The summed E-state index contributed by atoms with van der Waals surface area (Å²) in [7, 11) is 0. The number of nitrogens with one attached hydrogen (secondary N) is 2. The summed E-state index contributed by atoms with van der Waals surface area (Å²) in [6, 6.07) is 0. The maximum atomic E-state index is 12.4. The van der Waals surface area contributed by atoms with Crippen molar-refractivity contribution in [2.45, 2.75) is 69.7 Å². The summed E-state index contributed by atoms with van der Waals surface area (Å²) < 4.78 is 12.8. The molecule has 2 amide bonds. The van der Waals surface area contributed by atoms with Crippen molar-refractivity contribution in [1.82, 2.24) is 35.1 Å². The van der Waals surface area contributed by atoms with Crippen LogP contribution in [-0.4, -0.2) is 104 Å². The number of likely N-dealkylation sites (tertiary alicyclic amines) is 1. The van der Waals surface area contributed by atoms with Gasteiger partial charge in [0.05, 0.1) is 6.33 Å². The van der Waals surface area contributed by atoms with Gasteiger partial charge in [-0.25, -0.2) is 19.7 Å². The first-order chi connectivity index (χ1) is 18.4. The van der Waals surface area contributed by atoms with Crippen LogP contribution in [0.3, 0.4) is 0 Å². The van der Waals surface area contributed by atoms with Gasteiger partial charge in [0.15, 0.2) is 23.8 Å². The molecule has 0 spiro atoms. The Hall–Kier alpha value is -3.07. The van der Waals surface area contributed by atoms with Crippen molar-refractivity contribution >= 4 is 29.0 Å². The fraction of sp³-hybridized carbons (Fsp3) is 0.708. The summed E-state index contributed by atoms with van der Waals surface area (Å²) in [5.74, 6) is 0.637. The molecule has 3 unspecified atom stereocenters. The van der Waals surface area contributed by atoms with Crippen LogP contribution >= 0.6 is 0 Å². The van der Waals surface area contributed by atoms with Crippen molar-refractivity contribution in [2.24, 2.45) is 5.92 Å². The van der Waals surface area contributed by atoms with Gasteiger partial charge in [0.2, 0.25) is 0 Å². The van der Waals surface area contributed by atoms with Crippen molar-refractivity contribution in [2.75, 3.05) is 38.5 Å². The summed E-state index contributed by atoms with van der Waals surface area (Å²) in [6.45, 7) is 5.04. The van der Waals surface area contributed by atoms with Crippen molar-refractivity contribution in [1.29, 1.82) is 0 Å². The first kappa shape index (κ1) is 26.5. The normalized spacial score (nSPS) is 28.2. The molecule has 2 aromatic heterocycles. The molecule has 38 heavy (non-hydrogen) atoms. The van der Waals surface area contributed by atoms with Gasteiger partial charge < -0.3 is 41.0 Å². The molecular weight excluding hydrogens is 496 g/mol. The largest absolute Gasteiger partial charge is 0.445 e. The number of aliphatic hydroxyl groups excluding tert-OH is 2. The van der Waals surface area contributed by atoms with E-state index in [9.17, 15) is 19.8 Å². The minimum atomic E-state index is -1.40. The van der Waals surface area contributed by atoms with E-state index in [1.54, 1.807) is 11.8 Å². The van der Waals surface area contributed by atoms with Crippen molar-refractivity contribution < 1.29 is 29.3 Å². The zero-order valence-electron chi connectivity index (χ0n) is 21.5. The molecule has 0 aromatic carbocycles. The molecule has 5 rings (SSSR count). The number of anilines is 1. The van der Waals surface area contributed by atoms with Crippen LogP contribution in [0.2, 0.25) is 0 Å². The average Bonchev–Trinajstić information content (AvgIpc) is 3.64. The molecule has 0 saturated carbocycles. The SMILES string of the molecule is CCNC(=O)[C@H]1O[C@@H](n2cnc3c(N)nc(CCC4CCN(C(=O)OC5CCNC5)CC4)nc32)C(O)C1O. The fourth-order valence-corrected chi connectivity index (χ4v) is 5.35. The number of hydrogen-bond donors (Lipinski definition) is 5. The second-order valence-corrected chi connectivity index (χ2v) is 10.1. The molecule has 6 N–H and O–H groups in total. The fourth-order valence-electron chi connectivity index (χ4n) is 5.35. The quantitative estimate of drug-likeness (QED) is 0.303. The number of nitrogens with two attached hydrogens (primary N) is 1. The number of fused-ring (bicyclic) bond motifs is 1. The third kappa shape index (κ3) is 5.39. The number of aryl methyl sites for hydroxylation is 1. The summed E-state index contributed by atoms with van der Waals surface area (Å²) >= 11 is 0. The zero-order valence-corrected chi connectivity index (χ0v) is 21.5.